The van der Waals surface area contributed by atoms with Gasteiger partial charge in [-0.1, -0.05) is 43.2 Å². The zero-order valence-electron chi connectivity index (χ0n) is 17.6. The highest BCUT2D eigenvalue weighted by Crippen LogP contribution is 2.40. The van der Waals surface area contributed by atoms with E-state index in [0.717, 1.165) is 48.3 Å². The second kappa shape index (κ2) is 7.95. The maximum atomic E-state index is 6.17. The van der Waals surface area contributed by atoms with Gasteiger partial charge >= 0.3 is 0 Å². The van der Waals surface area contributed by atoms with Crippen molar-refractivity contribution in [3.05, 3.63) is 47.6 Å². The lowest BCUT2D eigenvalue weighted by Gasteiger charge is -2.34. The van der Waals surface area contributed by atoms with Crippen molar-refractivity contribution in [2.45, 2.75) is 52.5 Å². The van der Waals surface area contributed by atoms with Crippen LogP contribution in [-0.4, -0.2) is 34.3 Å². The van der Waals surface area contributed by atoms with Gasteiger partial charge in [-0.2, -0.15) is 0 Å². The van der Waals surface area contributed by atoms with Gasteiger partial charge in [0.2, 0.25) is 5.89 Å². The van der Waals surface area contributed by atoms with Gasteiger partial charge in [0.1, 0.15) is 0 Å². The van der Waals surface area contributed by atoms with Crippen molar-refractivity contribution >= 4 is 5.69 Å². The van der Waals surface area contributed by atoms with E-state index < -0.39 is 0 Å². The van der Waals surface area contributed by atoms with Gasteiger partial charge in [-0.3, -0.25) is 4.98 Å². The Balaban J connectivity index is 1.88. The van der Waals surface area contributed by atoms with Gasteiger partial charge in [-0.15, -0.1) is 10.2 Å². The van der Waals surface area contributed by atoms with Crippen molar-refractivity contribution in [3.63, 3.8) is 0 Å². The minimum atomic E-state index is 0.184. The van der Waals surface area contributed by atoms with Crippen LogP contribution in [0, 0.1) is 13.8 Å². The van der Waals surface area contributed by atoms with Crippen LogP contribution in [0.3, 0.4) is 0 Å². The molecule has 0 bridgehead atoms. The average Bonchev–Trinajstić information content (AvgIpc) is 3.18. The maximum Gasteiger partial charge on any atom is 0.251 e. The lowest BCUT2D eigenvalue weighted by Crippen LogP contribution is -2.40. The van der Waals surface area contributed by atoms with Crippen LogP contribution in [0.4, 0.5) is 5.69 Å². The van der Waals surface area contributed by atoms with E-state index in [2.05, 4.69) is 66.0 Å². The third-order valence-electron chi connectivity index (χ3n) is 5.47. The van der Waals surface area contributed by atoms with E-state index in [4.69, 9.17) is 10.2 Å². The molecule has 6 nitrogen and oxygen atoms in total. The van der Waals surface area contributed by atoms with Gasteiger partial charge in [0.05, 0.1) is 11.3 Å². The molecule has 0 aliphatic carbocycles. The highest BCUT2D eigenvalue weighted by atomic mass is 16.4. The Labute approximate surface area is 172 Å². The Bertz CT molecular complexity index is 982. The highest BCUT2D eigenvalue weighted by Gasteiger charge is 2.25. The fourth-order valence-electron chi connectivity index (χ4n) is 3.99. The summed E-state index contributed by atoms with van der Waals surface area (Å²) in [5, 5.41) is 8.58. The first-order chi connectivity index (χ1) is 13.9. The van der Waals surface area contributed by atoms with E-state index in [-0.39, 0.29) is 12.0 Å². The smallest absolute Gasteiger partial charge is 0.251 e. The lowest BCUT2D eigenvalue weighted by atomic mass is 9.96. The number of benzene rings is 1. The molecule has 1 aliphatic heterocycles. The number of piperidine rings is 1. The first-order valence-electron chi connectivity index (χ1n) is 10.3. The van der Waals surface area contributed by atoms with Crippen LogP contribution in [-0.2, 0) is 0 Å². The summed E-state index contributed by atoms with van der Waals surface area (Å²) in [4.78, 5) is 6.94. The van der Waals surface area contributed by atoms with Crippen LogP contribution in [0.5, 0.6) is 0 Å². The Kier molecular flexibility index (Phi) is 5.37. The molecule has 1 aliphatic rings. The molecule has 152 valence electrons. The average molecular weight is 392 g/mol. The number of pyridine rings is 1. The SMILES string of the molecule is Cc1cc(C)cc(-c2cncc(-c3nnc(C(C)C)o3)c2N2CCC(N)CC2)c1. The third-order valence-corrected chi connectivity index (χ3v) is 5.47. The summed E-state index contributed by atoms with van der Waals surface area (Å²) in [5.74, 6) is 1.35. The lowest BCUT2D eigenvalue weighted by molar-refractivity contribution is 0.479. The van der Waals surface area contributed by atoms with Gasteiger partial charge in [0.25, 0.3) is 5.89 Å². The van der Waals surface area contributed by atoms with E-state index >= 15 is 0 Å². The summed E-state index contributed by atoms with van der Waals surface area (Å²) < 4.78 is 6.01. The fourth-order valence-corrected chi connectivity index (χ4v) is 3.99. The van der Waals surface area contributed by atoms with Crippen molar-refractivity contribution in [1.82, 2.24) is 15.2 Å². The van der Waals surface area contributed by atoms with Crippen LogP contribution in [0.1, 0.15) is 49.6 Å². The quantitative estimate of drug-likeness (QED) is 0.707. The largest absolute Gasteiger partial charge is 0.420 e. The van der Waals surface area contributed by atoms with Gasteiger partial charge in [0, 0.05) is 43.0 Å². The molecule has 3 heterocycles. The number of hydrogen-bond acceptors (Lipinski definition) is 6. The van der Waals surface area contributed by atoms with Crippen molar-refractivity contribution in [3.8, 4) is 22.6 Å². The number of nitrogens with zero attached hydrogens (tertiary/aromatic N) is 4. The van der Waals surface area contributed by atoms with Crippen LogP contribution in [0.25, 0.3) is 22.6 Å². The molecule has 6 heteroatoms. The zero-order valence-corrected chi connectivity index (χ0v) is 17.6. The summed E-state index contributed by atoms with van der Waals surface area (Å²) in [5.41, 5.74) is 12.9. The predicted octanol–water partition coefficient (Wildman–Crippen LogP) is 4.47. The molecule has 1 saturated heterocycles. The maximum absolute atomic E-state index is 6.17. The summed E-state index contributed by atoms with van der Waals surface area (Å²) in [7, 11) is 0. The molecule has 29 heavy (non-hydrogen) atoms. The van der Waals surface area contributed by atoms with Crippen molar-refractivity contribution in [2.24, 2.45) is 5.73 Å². The molecular weight excluding hydrogens is 362 g/mol. The molecule has 0 radical (unpaired) electrons. The standard InChI is InChI=1S/C23H29N5O/c1-14(2)22-26-27-23(29-22)20-13-25-12-19(17-10-15(3)9-16(4)11-17)21(20)28-7-5-18(24)6-8-28/h9-14,18H,5-8,24H2,1-4H3. The molecule has 0 atom stereocenters. The number of aromatic nitrogens is 3. The molecule has 4 rings (SSSR count). The van der Waals surface area contributed by atoms with E-state index in [1.54, 1.807) is 0 Å². The van der Waals surface area contributed by atoms with Crippen molar-refractivity contribution in [1.29, 1.82) is 0 Å². The van der Waals surface area contributed by atoms with E-state index in [9.17, 15) is 0 Å². The first-order valence-corrected chi connectivity index (χ1v) is 10.3. The normalized spacial score (nSPS) is 15.3. The molecule has 0 saturated carbocycles. The van der Waals surface area contributed by atoms with Crippen molar-refractivity contribution in [2.75, 3.05) is 18.0 Å². The van der Waals surface area contributed by atoms with Gasteiger partial charge in [-0.05, 0) is 32.3 Å². The van der Waals surface area contributed by atoms with Gasteiger partial charge in [-0.25, -0.2) is 0 Å². The second-order valence-electron chi connectivity index (χ2n) is 8.38. The number of anilines is 1. The highest BCUT2D eigenvalue weighted by molar-refractivity contribution is 5.88. The Hall–Kier alpha value is -2.73. The minimum absolute atomic E-state index is 0.184. The summed E-state index contributed by atoms with van der Waals surface area (Å²) in [6, 6.07) is 6.87. The van der Waals surface area contributed by atoms with Gasteiger partial charge < -0.3 is 15.1 Å². The summed E-state index contributed by atoms with van der Waals surface area (Å²) in [6.07, 6.45) is 5.72. The third kappa shape index (κ3) is 4.03. The Morgan fingerprint density at radius 3 is 2.28 bits per heavy atom. The summed E-state index contributed by atoms with van der Waals surface area (Å²) in [6.45, 7) is 10.2. The van der Waals surface area contributed by atoms with E-state index in [0.29, 0.717) is 11.8 Å². The Morgan fingerprint density at radius 1 is 1.00 bits per heavy atom. The molecule has 3 aromatic rings. The fraction of sp³-hybridized carbons (Fsp3) is 0.435. The molecule has 2 aromatic heterocycles. The monoisotopic (exact) mass is 391 g/mol. The molecule has 0 amide bonds. The second-order valence-corrected chi connectivity index (χ2v) is 8.38. The van der Waals surface area contributed by atoms with Crippen LogP contribution < -0.4 is 10.6 Å². The van der Waals surface area contributed by atoms with Crippen LogP contribution >= 0.6 is 0 Å². The topological polar surface area (TPSA) is 81.1 Å². The molecule has 0 unspecified atom stereocenters. The Morgan fingerprint density at radius 2 is 1.66 bits per heavy atom. The molecule has 2 N–H and O–H groups in total. The molecular formula is C23H29N5O. The molecule has 0 spiro atoms. The zero-order chi connectivity index (χ0) is 20.5. The summed E-state index contributed by atoms with van der Waals surface area (Å²) >= 11 is 0. The predicted molar refractivity (Wildman–Crippen MR) is 116 cm³/mol. The number of nitrogens with two attached hydrogens (primary N) is 1. The van der Waals surface area contributed by atoms with E-state index in [1.165, 1.54) is 11.1 Å². The first kappa shape index (κ1) is 19.6. The van der Waals surface area contributed by atoms with Crippen LogP contribution in [0.2, 0.25) is 0 Å². The van der Waals surface area contributed by atoms with Crippen LogP contribution in [0.15, 0.2) is 35.0 Å². The molecule has 1 fully saturated rings. The molecule has 1 aromatic carbocycles. The number of hydrogen-bond donors (Lipinski definition) is 1. The number of rotatable bonds is 4. The number of aryl methyl sites for hydroxylation is 2. The van der Waals surface area contributed by atoms with Gasteiger partial charge in [0.15, 0.2) is 0 Å². The van der Waals surface area contributed by atoms with E-state index in [1.807, 2.05) is 12.4 Å². The minimum Gasteiger partial charge on any atom is -0.420 e. The van der Waals surface area contributed by atoms with Crippen molar-refractivity contribution < 1.29 is 4.42 Å².